The van der Waals surface area contributed by atoms with Crippen LogP contribution in [0.15, 0.2) is 59.5 Å². The Morgan fingerprint density at radius 2 is 1.59 bits per heavy atom. The summed E-state index contributed by atoms with van der Waals surface area (Å²) >= 11 is 4.73. The van der Waals surface area contributed by atoms with Crippen LogP contribution < -0.4 is 10.0 Å². The molecule has 1 heterocycles. The molecule has 7 nitrogen and oxygen atoms in total. The first-order valence-electron chi connectivity index (χ1n) is 12.8. The van der Waals surface area contributed by atoms with Gasteiger partial charge >= 0.3 is 0 Å². The van der Waals surface area contributed by atoms with Crippen LogP contribution in [0, 0.1) is 11.3 Å². The Hall–Kier alpha value is -2.36. The lowest BCUT2D eigenvalue weighted by Crippen LogP contribution is -2.47. The van der Waals surface area contributed by atoms with E-state index in [1.807, 2.05) is 30.3 Å². The highest BCUT2D eigenvalue weighted by atomic mass is 32.2. The quantitative estimate of drug-likeness (QED) is 0.304. The normalized spacial score (nSPS) is 20.1. The van der Waals surface area contributed by atoms with Crippen molar-refractivity contribution >= 4 is 34.5 Å². The number of hydrogen-bond donors (Lipinski definition) is 3. The highest BCUT2D eigenvalue weighted by molar-refractivity contribution is 7.89. The number of benzene rings is 2. The Kier molecular flexibility index (Phi) is 9.83. The van der Waals surface area contributed by atoms with Gasteiger partial charge in [0.1, 0.15) is 0 Å². The number of sulfonamides is 1. The second kappa shape index (κ2) is 12.5. The number of likely N-dealkylation sites (tertiary alicyclic amines) is 1. The molecule has 0 aliphatic carbocycles. The van der Waals surface area contributed by atoms with Crippen molar-refractivity contribution in [1.82, 2.24) is 14.9 Å². The van der Waals surface area contributed by atoms with Gasteiger partial charge in [0.05, 0.1) is 16.3 Å². The Morgan fingerprint density at radius 3 is 2.19 bits per heavy atom. The fourth-order valence-corrected chi connectivity index (χ4v) is 6.62. The highest BCUT2D eigenvalue weighted by Crippen LogP contribution is 2.39. The molecule has 1 aliphatic rings. The first kappa shape index (κ1) is 29.2. The average molecular weight is 546 g/mol. The molecular weight excluding hydrogens is 506 g/mol. The number of hydrogen-bond acceptors (Lipinski definition) is 5. The molecule has 1 aliphatic heterocycles. The van der Waals surface area contributed by atoms with Gasteiger partial charge in [0, 0.05) is 32.4 Å². The molecule has 9 heteroatoms. The molecule has 1 saturated heterocycles. The van der Waals surface area contributed by atoms with Crippen molar-refractivity contribution in [3.8, 4) is 11.1 Å². The van der Waals surface area contributed by atoms with E-state index in [9.17, 15) is 18.0 Å². The summed E-state index contributed by atoms with van der Waals surface area (Å²) in [6.45, 7) is 8.71. The van der Waals surface area contributed by atoms with Crippen LogP contribution in [0.4, 0.5) is 0 Å². The smallest absolute Gasteiger partial charge is 0.240 e. The Bertz CT molecular complexity index is 1160. The summed E-state index contributed by atoms with van der Waals surface area (Å²) in [6.07, 6.45) is 2.72. The maximum absolute atomic E-state index is 13.4. The maximum atomic E-state index is 13.4. The van der Waals surface area contributed by atoms with Crippen LogP contribution in [-0.2, 0) is 19.6 Å². The van der Waals surface area contributed by atoms with Gasteiger partial charge in [0.25, 0.3) is 0 Å². The van der Waals surface area contributed by atoms with Gasteiger partial charge in [-0.05, 0) is 41.5 Å². The van der Waals surface area contributed by atoms with E-state index < -0.39 is 21.4 Å². The van der Waals surface area contributed by atoms with Gasteiger partial charge in [-0.1, -0.05) is 69.7 Å². The molecule has 0 bridgehead atoms. The van der Waals surface area contributed by atoms with Crippen LogP contribution in [0.3, 0.4) is 0 Å². The molecule has 3 unspecified atom stereocenters. The summed E-state index contributed by atoms with van der Waals surface area (Å²) in [6, 6.07) is 16.1. The molecule has 0 spiro atoms. The second-order valence-corrected chi connectivity index (χ2v) is 13.0. The van der Waals surface area contributed by atoms with Crippen molar-refractivity contribution < 1.29 is 18.0 Å². The van der Waals surface area contributed by atoms with Gasteiger partial charge in [0.15, 0.2) is 0 Å². The number of unbranched alkanes of at least 4 members (excludes halogenated alkanes) is 2. The zero-order valence-corrected chi connectivity index (χ0v) is 23.8. The van der Waals surface area contributed by atoms with Gasteiger partial charge in [-0.25, -0.2) is 13.1 Å². The minimum atomic E-state index is -3.82. The van der Waals surface area contributed by atoms with Crippen molar-refractivity contribution in [2.45, 2.75) is 69.7 Å². The number of nitrogens with zero attached hydrogens (tertiary/aromatic N) is 1. The predicted molar refractivity (Wildman–Crippen MR) is 151 cm³/mol. The van der Waals surface area contributed by atoms with E-state index in [0.29, 0.717) is 25.9 Å². The molecule has 1 fully saturated rings. The standard InChI is InChI=1S/C28H39N3O4S2/c1-20(32)29-18-10-6-9-13-25(33)31-19-24(28(2,3)4)26(27(31)36)30-37(34,35)23-16-14-22(15-17-23)21-11-7-5-8-12-21/h5,7-8,11-12,14-17,24,26-27,30,36H,6,9-10,13,18-19H2,1-4H3,(H,29,32). The van der Waals surface area contributed by atoms with Gasteiger partial charge in [-0.2, -0.15) is 12.6 Å². The van der Waals surface area contributed by atoms with E-state index in [0.717, 1.165) is 24.0 Å². The van der Waals surface area contributed by atoms with Crippen molar-refractivity contribution in [2.75, 3.05) is 13.1 Å². The van der Waals surface area contributed by atoms with Crippen molar-refractivity contribution in [1.29, 1.82) is 0 Å². The number of carbonyl (C=O) groups is 2. The largest absolute Gasteiger partial charge is 0.356 e. The number of nitrogens with one attached hydrogen (secondary N) is 2. The molecular formula is C28H39N3O4S2. The van der Waals surface area contributed by atoms with E-state index in [4.69, 9.17) is 12.6 Å². The number of carbonyl (C=O) groups excluding carboxylic acids is 2. The van der Waals surface area contributed by atoms with E-state index in [2.05, 4.69) is 30.8 Å². The molecule has 2 aromatic carbocycles. The van der Waals surface area contributed by atoms with E-state index >= 15 is 0 Å². The van der Waals surface area contributed by atoms with E-state index in [1.54, 1.807) is 29.2 Å². The van der Waals surface area contributed by atoms with Crippen LogP contribution >= 0.6 is 12.6 Å². The summed E-state index contributed by atoms with van der Waals surface area (Å²) in [5.74, 6) is -0.181. The van der Waals surface area contributed by atoms with Crippen LogP contribution in [-0.4, -0.2) is 49.6 Å². The van der Waals surface area contributed by atoms with E-state index in [1.165, 1.54) is 6.92 Å². The molecule has 2 aromatic rings. The lowest BCUT2D eigenvalue weighted by molar-refractivity contribution is -0.131. The number of thiol groups is 1. The first-order valence-corrected chi connectivity index (χ1v) is 14.8. The third-order valence-electron chi connectivity index (χ3n) is 6.90. The van der Waals surface area contributed by atoms with Crippen LogP contribution in [0.25, 0.3) is 11.1 Å². The zero-order chi connectivity index (χ0) is 27.2. The second-order valence-electron chi connectivity index (χ2n) is 10.8. The first-order chi connectivity index (χ1) is 17.4. The number of rotatable bonds is 10. The molecule has 3 rings (SSSR count). The Labute approximate surface area is 226 Å². The molecule has 3 atom stereocenters. The van der Waals surface area contributed by atoms with Crippen molar-refractivity contribution in [2.24, 2.45) is 11.3 Å². The lowest BCUT2D eigenvalue weighted by Gasteiger charge is -2.32. The summed E-state index contributed by atoms with van der Waals surface area (Å²) in [7, 11) is -3.82. The maximum Gasteiger partial charge on any atom is 0.240 e. The fraction of sp³-hybridized carbons (Fsp3) is 0.500. The molecule has 2 N–H and O–H groups in total. The minimum Gasteiger partial charge on any atom is -0.356 e. The molecule has 202 valence electrons. The summed E-state index contributed by atoms with van der Waals surface area (Å²) in [5, 5.41) is 2.20. The van der Waals surface area contributed by atoms with Gasteiger partial charge in [-0.15, -0.1) is 0 Å². The van der Waals surface area contributed by atoms with Crippen LogP contribution in [0.5, 0.6) is 0 Å². The highest BCUT2D eigenvalue weighted by Gasteiger charge is 2.48. The van der Waals surface area contributed by atoms with Crippen LogP contribution in [0.1, 0.15) is 53.4 Å². The molecule has 37 heavy (non-hydrogen) atoms. The summed E-state index contributed by atoms with van der Waals surface area (Å²) in [4.78, 5) is 25.9. The number of amides is 2. The van der Waals surface area contributed by atoms with Crippen molar-refractivity contribution in [3.05, 3.63) is 54.6 Å². The minimum absolute atomic E-state index is 0.0253. The zero-order valence-electron chi connectivity index (χ0n) is 22.1. The van der Waals surface area contributed by atoms with E-state index in [-0.39, 0.29) is 28.0 Å². The third kappa shape index (κ3) is 7.82. The topological polar surface area (TPSA) is 95.6 Å². The molecule has 0 radical (unpaired) electrons. The molecule has 0 aromatic heterocycles. The van der Waals surface area contributed by atoms with Crippen molar-refractivity contribution in [3.63, 3.8) is 0 Å². The van der Waals surface area contributed by atoms with Gasteiger partial charge < -0.3 is 10.2 Å². The summed E-state index contributed by atoms with van der Waals surface area (Å²) < 4.78 is 29.6. The Morgan fingerprint density at radius 1 is 0.973 bits per heavy atom. The molecule has 0 saturated carbocycles. The third-order valence-corrected chi connectivity index (χ3v) is 8.98. The predicted octanol–water partition coefficient (Wildman–Crippen LogP) is 4.46. The monoisotopic (exact) mass is 545 g/mol. The molecule has 2 amide bonds. The van der Waals surface area contributed by atoms with Crippen LogP contribution in [0.2, 0.25) is 0 Å². The van der Waals surface area contributed by atoms with Gasteiger partial charge in [-0.3, -0.25) is 9.59 Å². The Balaban J connectivity index is 1.68. The lowest BCUT2D eigenvalue weighted by atomic mass is 9.78. The average Bonchev–Trinajstić information content (AvgIpc) is 3.17. The fourth-order valence-electron chi connectivity index (χ4n) is 4.73. The SMILES string of the molecule is CC(=O)NCCCCCC(=O)N1CC(C(C)(C)C)C(NS(=O)(=O)c2ccc(-c3ccccc3)cc2)C1S. The van der Waals surface area contributed by atoms with Gasteiger partial charge in [0.2, 0.25) is 21.8 Å². The summed E-state index contributed by atoms with van der Waals surface area (Å²) in [5.41, 5.74) is 1.72.